The Labute approximate surface area is 102 Å². The number of halogens is 2. The standard InChI is InChI=1S/C10H23N.2ClH.H3N/c1-4-7-8-10(5-2,6-3)9-11;;;/h4-9,11H2,1-3H3;2*1H;1H3. The van der Waals surface area contributed by atoms with Crippen LogP contribution in [0.4, 0.5) is 0 Å². The van der Waals surface area contributed by atoms with Crippen molar-refractivity contribution in [2.45, 2.75) is 52.9 Å². The zero-order chi connectivity index (χ0) is 8.74. The van der Waals surface area contributed by atoms with Crippen LogP contribution in [0, 0.1) is 5.41 Å². The molecule has 0 aliphatic heterocycles. The van der Waals surface area contributed by atoms with E-state index in [1.807, 2.05) is 0 Å². The van der Waals surface area contributed by atoms with Gasteiger partial charge in [0.15, 0.2) is 0 Å². The summed E-state index contributed by atoms with van der Waals surface area (Å²) in [5, 5.41) is 0. The van der Waals surface area contributed by atoms with Crippen LogP contribution in [0.15, 0.2) is 0 Å². The van der Waals surface area contributed by atoms with Crippen LogP contribution < -0.4 is 36.7 Å². The number of unbranched alkanes of at least 4 members (excludes halogenated alkanes) is 1. The number of hydrogen-bond acceptors (Lipinski definition) is 0. The van der Waals surface area contributed by atoms with Gasteiger partial charge in [0.2, 0.25) is 0 Å². The fraction of sp³-hybridized carbons (Fsp3) is 1.00. The monoisotopic (exact) mass is 246 g/mol. The summed E-state index contributed by atoms with van der Waals surface area (Å²) in [5.41, 5.74) is 4.62. The molecule has 4 heteroatoms. The van der Waals surface area contributed by atoms with E-state index >= 15 is 0 Å². The van der Waals surface area contributed by atoms with Crippen LogP contribution in [0.5, 0.6) is 0 Å². The normalized spacial score (nSPS) is 9.43. The van der Waals surface area contributed by atoms with E-state index in [1.165, 1.54) is 32.1 Å². The maximum absolute atomic E-state index is 4.05. The van der Waals surface area contributed by atoms with Crippen molar-refractivity contribution >= 4 is 0 Å². The van der Waals surface area contributed by atoms with E-state index in [0.717, 1.165) is 6.54 Å². The molecular formula is C10H28Cl2N2. The van der Waals surface area contributed by atoms with E-state index in [0.29, 0.717) is 5.41 Å². The third-order valence-electron chi connectivity index (χ3n) is 3.09. The lowest BCUT2D eigenvalue weighted by Crippen LogP contribution is -3.00. The zero-order valence-electron chi connectivity index (χ0n) is 10.2. The Bertz CT molecular complexity index is 87.9. The van der Waals surface area contributed by atoms with Crippen molar-refractivity contribution in [3.05, 3.63) is 0 Å². The molecule has 0 aliphatic carbocycles. The van der Waals surface area contributed by atoms with Crippen LogP contribution in [0.3, 0.4) is 0 Å². The van der Waals surface area contributed by atoms with Gasteiger partial charge in [-0.15, -0.1) is 0 Å². The molecule has 0 saturated carbocycles. The van der Waals surface area contributed by atoms with E-state index < -0.39 is 0 Å². The first-order valence-electron chi connectivity index (χ1n) is 5.04. The van der Waals surface area contributed by atoms with Crippen molar-refractivity contribution in [2.24, 2.45) is 5.41 Å². The second kappa shape index (κ2) is 13.5. The first-order valence-corrected chi connectivity index (χ1v) is 5.04. The van der Waals surface area contributed by atoms with Crippen LogP contribution in [0.2, 0.25) is 0 Å². The van der Waals surface area contributed by atoms with Gasteiger partial charge < -0.3 is 36.7 Å². The number of hydrogen-bond donors (Lipinski definition) is 2. The third kappa shape index (κ3) is 7.86. The molecule has 92 valence electrons. The highest BCUT2D eigenvalue weighted by Crippen LogP contribution is 2.30. The molecule has 0 aromatic carbocycles. The molecule has 2 nitrogen and oxygen atoms in total. The SMILES string of the molecule is CCCCC(CC)(CC)C[NH3+].[Cl-].[Cl-].[NH4+]. The Balaban J connectivity index is -0.000000167. The Morgan fingerprint density at radius 2 is 1.43 bits per heavy atom. The minimum Gasteiger partial charge on any atom is -1.00 e. The summed E-state index contributed by atoms with van der Waals surface area (Å²) >= 11 is 0. The quantitative estimate of drug-likeness (QED) is 0.492. The molecule has 0 aliphatic rings. The van der Waals surface area contributed by atoms with Gasteiger partial charge in [-0.2, -0.15) is 0 Å². The molecule has 0 rings (SSSR count). The molecule has 0 radical (unpaired) electrons. The molecule has 7 N–H and O–H groups in total. The van der Waals surface area contributed by atoms with Crippen molar-refractivity contribution in [3.63, 3.8) is 0 Å². The average molecular weight is 247 g/mol. The molecule has 14 heavy (non-hydrogen) atoms. The van der Waals surface area contributed by atoms with E-state index in [4.69, 9.17) is 0 Å². The largest absolute Gasteiger partial charge is 1.00 e. The van der Waals surface area contributed by atoms with Gasteiger partial charge in [-0.3, -0.25) is 0 Å². The number of quaternary nitrogens is 2. The summed E-state index contributed by atoms with van der Waals surface area (Å²) in [5.74, 6) is 0. The average Bonchev–Trinajstić information content (AvgIpc) is 2.08. The Morgan fingerprint density at radius 1 is 1.00 bits per heavy atom. The van der Waals surface area contributed by atoms with Gasteiger partial charge >= 0.3 is 0 Å². The molecule has 0 aromatic rings. The van der Waals surface area contributed by atoms with Crippen molar-refractivity contribution < 1.29 is 30.5 Å². The van der Waals surface area contributed by atoms with Gasteiger partial charge in [0.1, 0.15) is 0 Å². The second-order valence-electron chi connectivity index (χ2n) is 3.56. The summed E-state index contributed by atoms with van der Waals surface area (Å²) in [7, 11) is 0. The lowest BCUT2D eigenvalue weighted by Gasteiger charge is -2.27. The summed E-state index contributed by atoms with van der Waals surface area (Å²) < 4.78 is 0. The van der Waals surface area contributed by atoms with Gasteiger partial charge in [-0.05, 0) is 19.3 Å². The topological polar surface area (TPSA) is 64.1 Å². The molecule has 0 heterocycles. The minimum absolute atomic E-state index is 0. The van der Waals surface area contributed by atoms with Gasteiger partial charge in [0, 0.05) is 5.41 Å². The molecule has 0 fully saturated rings. The first-order chi connectivity index (χ1) is 5.24. The maximum Gasteiger partial charge on any atom is 0.0796 e. The molecule has 0 bridgehead atoms. The van der Waals surface area contributed by atoms with E-state index in [1.54, 1.807) is 0 Å². The van der Waals surface area contributed by atoms with Gasteiger partial charge in [-0.25, -0.2) is 0 Å². The zero-order valence-corrected chi connectivity index (χ0v) is 11.7. The highest BCUT2D eigenvalue weighted by atomic mass is 35.5. The lowest BCUT2D eigenvalue weighted by atomic mass is 9.78. The van der Waals surface area contributed by atoms with Gasteiger partial charge in [-0.1, -0.05) is 33.6 Å². The highest BCUT2D eigenvalue weighted by molar-refractivity contribution is 4.74. The van der Waals surface area contributed by atoms with Crippen molar-refractivity contribution in [2.75, 3.05) is 6.54 Å². The van der Waals surface area contributed by atoms with Crippen LogP contribution >= 0.6 is 0 Å². The van der Waals surface area contributed by atoms with Crippen LogP contribution in [-0.2, 0) is 0 Å². The Kier molecular flexibility index (Phi) is 23.1. The molecular weight excluding hydrogens is 219 g/mol. The molecule has 0 unspecified atom stereocenters. The van der Waals surface area contributed by atoms with E-state index in [-0.39, 0.29) is 31.0 Å². The summed E-state index contributed by atoms with van der Waals surface area (Å²) in [6, 6.07) is 0. The van der Waals surface area contributed by atoms with Crippen LogP contribution in [0.25, 0.3) is 0 Å². The Hall–Kier alpha value is 0.500. The Morgan fingerprint density at radius 3 is 1.64 bits per heavy atom. The van der Waals surface area contributed by atoms with Crippen LogP contribution in [-0.4, -0.2) is 6.54 Å². The summed E-state index contributed by atoms with van der Waals surface area (Å²) in [4.78, 5) is 0. The summed E-state index contributed by atoms with van der Waals surface area (Å²) in [6.45, 7) is 7.97. The molecule has 0 saturated heterocycles. The van der Waals surface area contributed by atoms with E-state index in [2.05, 4.69) is 26.5 Å². The van der Waals surface area contributed by atoms with Gasteiger partial charge in [0.05, 0.1) is 6.54 Å². The lowest BCUT2D eigenvalue weighted by molar-refractivity contribution is -0.394. The third-order valence-corrected chi connectivity index (χ3v) is 3.09. The predicted octanol–water partition coefficient (Wildman–Crippen LogP) is -3.39. The number of rotatable bonds is 6. The molecule has 0 spiro atoms. The smallest absolute Gasteiger partial charge is 0.0796 e. The fourth-order valence-corrected chi connectivity index (χ4v) is 1.63. The van der Waals surface area contributed by atoms with Crippen LogP contribution in [0.1, 0.15) is 52.9 Å². The summed E-state index contributed by atoms with van der Waals surface area (Å²) in [6.07, 6.45) is 6.67. The van der Waals surface area contributed by atoms with Crippen molar-refractivity contribution in [1.29, 1.82) is 0 Å². The van der Waals surface area contributed by atoms with Crippen molar-refractivity contribution in [3.8, 4) is 0 Å². The molecule has 0 atom stereocenters. The maximum atomic E-state index is 4.05. The minimum atomic E-state index is 0. The molecule has 0 amide bonds. The first kappa shape index (κ1) is 24.0. The second-order valence-corrected chi connectivity index (χ2v) is 3.56. The fourth-order valence-electron chi connectivity index (χ4n) is 1.63. The molecule has 0 aromatic heterocycles. The van der Waals surface area contributed by atoms with Crippen molar-refractivity contribution in [1.82, 2.24) is 6.15 Å². The van der Waals surface area contributed by atoms with E-state index in [9.17, 15) is 0 Å². The predicted molar refractivity (Wildman–Crippen MR) is 56.3 cm³/mol. The highest BCUT2D eigenvalue weighted by Gasteiger charge is 2.25. The van der Waals surface area contributed by atoms with Gasteiger partial charge in [0.25, 0.3) is 0 Å².